The second kappa shape index (κ2) is 6.76. The summed E-state index contributed by atoms with van der Waals surface area (Å²) in [6.07, 6.45) is 1.68. The minimum absolute atomic E-state index is 0.428. The smallest absolute Gasteiger partial charge is 0.216 e. The zero-order valence-electron chi connectivity index (χ0n) is 12.5. The third-order valence-electron chi connectivity index (χ3n) is 3.14. The van der Waals surface area contributed by atoms with Crippen molar-refractivity contribution >= 4 is 29.8 Å². The molecular weight excluding hydrogens is 332 g/mol. The molecule has 6 nitrogen and oxygen atoms in total. The van der Waals surface area contributed by atoms with E-state index in [9.17, 15) is 0 Å². The van der Waals surface area contributed by atoms with E-state index in [-0.39, 0.29) is 0 Å². The van der Waals surface area contributed by atoms with Crippen LogP contribution in [-0.2, 0) is 0 Å². The Kier molecular flexibility index (Phi) is 4.54. The number of benzene rings is 1. The monoisotopic (exact) mass is 346 g/mol. The quantitative estimate of drug-likeness (QED) is 0.567. The van der Waals surface area contributed by atoms with Crippen molar-refractivity contribution in [2.45, 2.75) is 0 Å². The number of nitrogens with one attached hydrogen (secondary N) is 1. The Balaban J connectivity index is 1.98. The van der Waals surface area contributed by atoms with E-state index in [1.165, 1.54) is 0 Å². The zero-order valence-corrected chi connectivity index (χ0v) is 14.1. The maximum atomic E-state index is 5.36. The van der Waals surface area contributed by atoms with E-state index in [4.69, 9.17) is 21.7 Å². The summed E-state index contributed by atoms with van der Waals surface area (Å²) >= 11 is 6.82. The van der Waals surface area contributed by atoms with Crippen molar-refractivity contribution < 1.29 is 9.47 Å². The van der Waals surface area contributed by atoms with Gasteiger partial charge < -0.3 is 9.47 Å². The number of ether oxygens (including phenoxy) is 2. The maximum Gasteiger partial charge on any atom is 0.216 e. The van der Waals surface area contributed by atoms with Gasteiger partial charge in [0.05, 0.1) is 25.3 Å². The van der Waals surface area contributed by atoms with Crippen LogP contribution in [0.25, 0.3) is 10.7 Å². The number of rotatable bonds is 5. The van der Waals surface area contributed by atoms with Crippen molar-refractivity contribution in [1.29, 1.82) is 0 Å². The van der Waals surface area contributed by atoms with Crippen LogP contribution in [0.2, 0.25) is 0 Å². The molecule has 0 saturated carbocycles. The van der Waals surface area contributed by atoms with Crippen molar-refractivity contribution in [2.75, 3.05) is 14.2 Å². The van der Waals surface area contributed by atoms with E-state index in [0.717, 1.165) is 16.2 Å². The average Bonchev–Trinajstić information content (AvgIpc) is 3.22. The van der Waals surface area contributed by atoms with Gasteiger partial charge in [-0.1, -0.05) is 6.07 Å². The first-order valence-corrected chi connectivity index (χ1v) is 7.99. The van der Waals surface area contributed by atoms with Gasteiger partial charge in [0.2, 0.25) is 4.77 Å². The number of hydrogen-bond donors (Lipinski definition) is 1. The highest BCUT2D eigenvalue weighted by molar-refractivity contribution is 7.71. The van der Waals surface area contributed by atoms with Gasteiger partial charge in [0.25, 0.3) is 0 Å². The van der Waals surface area contributed by atoms with Crippen molar-refractivity contribution in [3.05, 3.63) is 46.0 Å². The Bertz CT molecular complexity index is 881. The average molecular weight is 346 g/mol. The molecule has 0 aliphatic heterocycles. The highest BCUT2D eigenvalue weighted by atomic mass is 32.1. The lowest BCUT2D eigenvalue weighted by Crippen LogP contribution is -1.96. The van der Waals surface area contributed by atoms with Crippen LogP contribution in [0.1, 0.15) is 5.56 Å². The minimum Gasteiger partial charge on any atom is -0.497 e. The second-order valence-electron chi connectivity index (χ2n) is 4.49. The first kappa shape index (κ1) is 15.4. The molecule has 3 rings (SSSR count). The van der Waals surface area contributed by atoms with Crippen molar-refractivity contribution in [1.82, 2.24) is 14.9 Å². The van der Waals surface area contributed by atoms with Crippen LogP contribution in [0.3, 0.4) is 0 Å². The lowest BCUT2D eigenvalue weighted by molar-refractivity contribution is 0.394. The topological polar surface area (TPSA) is 64.4 Å². The van der Waals surface area contributed by atoms with Gasteiger partial charge in [-0.15, -0.1) is 11.3 Å². The van der Waals surface area contributed by atoms with Gasteiger partial charge in [-0.2, -0.15) is 14.9 Å². The van der Waals surface area contributed by atoms with E-state index < -0.39 is 0 Å². The number of aromatic nitrogens is 3. The Labute approximate surface area is 142 Å². The molecule has 1 N–H and O–H groups in total. The molecule has 0 amide bonds. The highest BCUT2D eigenvalue weighted by Gasteiger charge is 2.09. The van der Waals surface area contributed by atoms with Crippen LogP contribution in [0.4, 0.5) is 0 Å². The lowest BCUT2D eigenvalue weighted by atomic mass is 10.2. The summed E-state index contributed by atoms with van der Waals surface area (Å²) in [5.74, 6) is 2.06. The molecule has 0 fully saturated rings. The number of thiophene rings is 1. The Morgan fingerprint density at radius 3 is 2.87 bits per heavy atom. The van der Waals surface area contributed by atoms with Gasteiger partial charge in [-0.3, -0.25) is 0 Å². The number of nitrogens with zero attached hydrogens (tertiary/aromatic N) is 3. The minimum atomic E-state index is 0.428. The van der Waals surface area contributed by atoms with Gasteiger partial charge in [-0.05, 0) is 35.8 Å². The molecule has 118 valence electrons. The number of H-pyrrole nitrogens is 1. The fourth-order valence-corrected chi connectivity index (χ4v) is 2.89. The highest BCUT2D eigenvalue weighted by Crippen LogP contribution is 2.24. The summed E-state index contributed by atoms with van der Waals surface area (Å²) in [5, 5.41) is 13.4. The molecule has 23 heavy (non-hydrogen) atoms. The normalized spacial score (nSPS) is 11.0. The van der Waals surface area contributed by atoms with Crippen LogP contribution in [0.5, 0.6) is 11.5 Å². The molecule has 0 saturated heterocycles. The fraction of sp³-hybridized carbons (Fsp3) is 0.133. The van der Waals surface area contributed by atoms with E-state index in [0.29, 0.717) is 16.3 Å². The van der Waals surface area contributed by atoms with Gasteiger partial charge in [0, 0.05) is 11.6 Å². The molecule has 1 aromatic carbocycles. The molecule has 2 heterocycles. The second-order valence-corrected chi connectivity index (χ2v) is 5.83. The Morgan fingerprint density at radius 2 is 2.17 bits per heavy atom. The summed E-state index contributed by atoms with van der Waals surface area (Å²) in [5.41, 5.74) is 0.813. The zero-order chi connectivity index (χ0) is 16.2. The van der Waals surface area contributed by atoms with Gasteiger partial charge >= 0.3 is 0 Å². The third-order valence-corrected chi connectivity index (χ3v) is 4.27. The summed E-state index contributed by atoms with van der Waals surface area (Å²) < 4.78 is 12.6. The molecule has 0 unspecified atom stereocenters. The molecule has 0 atom stereocenters. The summed E-state index contributed by atoms with van der Waals surface area (Å²) in [7, 11) is 3.22. The Hall–Kier alpha value is -2.45. The van der Waals surface area contributed by atoms with Gasteiger partial charge in [-0.25, -0.2) is 5.10 Å². The molecule has 0 spiro atoms. The molecule has 2 aromatic heterocycles. The fourth-order valence-electron chi connectivity index (χ4n) is 2.01. The van der Waals surface area contributed by atoms with Crippen molar-refractivity contribution in [3.8, 4) is 22.2 Å². The number of hydrogen-bond acceptors (Lipinski definition) is 6. The van der Waals surface area contributed by atoms with Gasteiger partial charge in [0.1, 0.15) is 11.5 Å². The predicted octanol–water partition coefficient (Wildman–Crippen LogP) is 3.57. The van der Waals surface area contributed by atoms with E-state index in [1.54, 1.807) is 42.5 Å². The molecule has 0 bridgehead atoms. The van der Waals surface area contributed by atoms with Crippen LogP contribution in [-0.4, -0.2) is 35.3 Å². The molecular formula is C15H14N4O2S2. The number of aromatic amines is 1. The van der Waals surface area contributed by atoms with Crippen LogP contribution < -0.4 is 9.47 Å². The third kappa shape index (κ3) is 3.17. The van der Waals surface area contributed by atoms with E-state index in [1.807, 2.05) is 29.6 Å². The summed E-state index contributed by atoms with van der Waals surface area (Å²) in [6, 6.07) is 9.44. The number of methoxy groups -OCH3 is 2. The molecule has 0 aliphatic carbocycles. The largest absolute Gasteiger partial charge is 0.497 e. The first-order chi connectivity index (χ1) is 11.2. The van der Waals surface area contributed by atoms with E-state index >= 15 is 0 Å². The van der Waals surface area contributed by atoms with Crippen molar-refractivity contribution in [3.63, 3.8) is 0 Å². The molecule has 3 aromatic rings. The maximum absolute atomic E-state index is 5.36. The summed E-state index contributed by atoms with van der Waals surface area (Å²) in [6.45, 7) is 0. The SMILES string of the molecule is COc1ccc(/C=N\n2c(-c3cccs3)n[nH]c2=S)c(OC)c1. The standard InChI is InChI=1S/C15H14N4O2S2/c1-20-11-6-5-10(12(8-11)21-2)9-16-19-14(17-18-15(19)22)13-4-3-7-23-13/h3-9H,1-2H3,(H,18,22)/b16-9-. The molecule has 8 heteroatoms. The summed E-state index contributed by atoms with van der Waals surface area (Å²) in [4.78, 5) is 0.983. The lowest BCUT2D eigenvalue weighted by Gasteiger charge is -2.07. The van der Waals surface area contributed by atoms with Crippen molar-refractivity contribution in [2.24, 2.45) is 5.10 Å². The van der Waals surface area contributed by atoms with Crippen LogP contribution >= 0.6 is 23.6 Å². The predicted molar refractivity (Wildman–Crippen MR) is 93.3 cm³/mol. The van der Waals surface area contributed by atoms with E-state index in [2.05, 4.69) is 15.3 Å². The molecule has 0 radical (unpaired) electrons. The van der Waals surface area contributed by atoms with Crippen LogP contribution in [0.15, 0.2) is 40.8 Å². The first-order valence-electron chi connectivity index (χ1n) is 6.70. The van der Waals surface area contributed by atoms with Crippen LogP contribution in [0, 0.1) is 4.77 Å². The van der Waals surface area contributed by atoms with Gasteiger partial charge in [0.15, 0.2) is 5.82 Å². The Morgan fingerprint density at radius 1 is 1.30 bits per heavy atom. The molecule has 0 aliphatic rings.